The monoisotopic (exact) mass is 529 g/mol. The van der Waals surface area contributed by atoms with Crippen LogP contribution in [0.25, 0.3) is 10.4 Å². The second-order valence-corrected chi connectivity index (χ2v) is 13.4. The lowest BCUT2D eigenvalue weighted by Crippen LogP contribution is -2.33. The Hall–Kier alpha value is -2.21. The predicted octanol–water partition coefficient (Wildman–Crippen LogP) is 5.44. The summed E-state index contributed by atoms with van der Waals surface area (Å²) in [5, 5.41) is 0. The van der Waals surface area contributed by atoms with Crippen LogP contribution in [0.5, 0.6) is 0 Å². The number of sulfonamides is 1. The maximum atomic E-state index is 13.5. The van der Waals surface area contributed by atoms with Crippen molar-refractivity contribution in [2.24, 2.45) is 5.92 Å². The van der Waals surface area contributed by atoms with Gasteiger partial charge in [0.15, 0.2) is 9.84 Å². The fourth-order valence-corrected chi connectivity index (χ4v) is 7.05. The summed E-state index contributed by atoms with van der Waals surface area (Å²) in [5.41, 5.74) is -0.515. The molecule has 11 heteroatoms. The van der Waals surface area contributed by atoms with Gasteiger partial charge in [0.2, 0.25) is 10.0 Å². The molecule has 3 aromatic rings. The quantitative estimate of drug-likeness (QED) is 0.390. The van der Waals surface area contributed by atoms with Crippen molar-refractivity contribution in [3.63, 3.8) is 0 Å². The average molecular weight is 530 g/mol. The van der Waals surface area contributed by atoms with E-state index in [1.54, 1.807) is 30.3 Å². The molecule has 5 nitrogen and oxygen atoms in total. The number of hydrogen-bond donors (Lipinski definition) is 0. The summed E-state index contributed by atoms with van der Waals surface area (Å²) in [6.07, 6.45) is -2.01. The highest BCUT2D eigenvalue weighted by atomic mass is 32.2. The summed E-state index contributed by atoms with van der Waals surface area (Å²) in [7, 11) is -7.80. The van der Waals surface area contributed by atoms with Gasteiger partial charge >= 0.3 is 6.18 Å². The number of alkyl halides is 3. The third-order valence-electron chi connectivity index (χ3n) is 5.51. The zero-order chi connectivity index (χ0) is 24.7. The topological polar surface area (TPSA) is 71.5 Å². The van der Waals surface area contributed by atoms with Gasteiger partial charge in [-0.3, -0.25) is 0 Å². The first-order valence-electron chi connectivity index (χ1n) is 10.4. The number of halogens is 3. The lowest BCUT2D eigenvalue weighted by molar-refractivity contribution is -0.139. The van der Waals surface area contributed by atoms with E-state index in [9.17, 15) is 30.0 Å². The highest BCUT2D eigenvalue weighted by molar-refractivity contribution is 7.90. The van der Waals surface area contributed by atoms with Gasteiger partial charge in [-0.25, -0.2) is 16.8 Å². The molecule has 0 N–H and O–H groups in total. The summed E-state index contributed by atoms with van der Waals surface area (Å²) < 4.78 is 92.2. The molecule has 1 saturated carbocycles. The molecule has 0 spiro atoms. The molecule has 1 aromatic heterocycles. The van der Waals surface area contributed by atoms with Crippen molar-refractivity contribution in [2.75, 3.05) is 12.8 Å². The van der Waals surface area contributed by atoms with Crippen LogP contribution in [0.15, 0.2) is 70.5 Å². The van der Waals surface area contributed by atoms with Crippen LogP contribution in [-0.2, 0) is 32.6 Å². The molecule has 0 aliphatic heterocycles. The average Bonchev–Trinajstić information content (AvgIpc) is 3.46. The Morgan fingerprint density at radius 3 is 2.32 bits per heavy atom. The molecule has 182 valence electrons. The van der Waals surface area contributed by atoms with Gasteiger partial charge in [-0.2, -0.15) is 17.5 Å². The lowest BCUT2D eigenvalue weighted by Gasteiger charge is -2.23. The van der Waals surface area contributed by atoms with Crippen molar-refractivity contribution in [3.8, 4) is 10.4 Å². The fourth-order valence-electron chi connectivity index (χ4n) is 3.57. The highest BCUT2D eigenvalue weighted by Gasteiger charge is 2.40. The second-order valence-electron chi connectivity index (χ2n) is 8.30. The number of hydrogen-bond acceptors (Lipinski definition) is 5. The minimum atomic E-state index is -4.80. The van der Waals surface area contributed by atoms with Gasteiger partial charge in [0.05, 0.1) is 15.4 Å². The molecule has 1 heterocycles. The summed E-state index contributed by atoms with van der Waals surface area (Å²) in [4.78, 5) is 0.802. The van der Waals surface area contributed by atoms with Crippen LogP contribution in [-0.4, -0.2) is 33.9 Å². The van der Waals surface area contributed by atoms with Crippen LogP contribution in [0, 0.1) is 5.92 Å². The van der Waals surface area contributed by atoms with Gasteiger partial charge in [-0.05, 0) is 60.7 Å². The Labute approximate surface area is 200 Å². The summed E-state index contributed by atoms with van der Waals surface area (Å²) in [5.74, 6) is 0.124. The fraction of sp³-hybridized carbons (Fsp3) is 0.304. The van der Waals surface area contributed by atoms with Gasteiger partial charge in [0.1, 0.15) is 0 Å². The first kappa shape index (κ1) is 24.9. The van der Waals surface area contributed by atoms with E-state index < -0.39 is 36.5 Å². The molecule has 0 radical (unpaired) electrons. The van der Waals surface area contributed by atoms with Crippen LogP contribution in [0.1, 0.15) is 23.3 Å². The Morgan fingerprint density at radius 1 is 0.971 bits per heavy atom. The molecule has 0 amide bonds. The number of thiophene rings is 1. The molecule has 0 saturated heterocycles. The largest absolute Gasteiger partial charge is 0.417 e. The van der Waals surface area contributed by atoms with Crippen molar-refractivity contribution in [1.29, 1.82) is 0 Å². The highest BCUT2D eigenvalue weighted by Crippen LogP contribution is 2.38. The maximum absolute atomic E-state index is 13.5. The molecule has 1 aliphatic carbocycles. The van der Waals surface area contributed by atoms with Gasteiger partial charge in [0.25, 0.3) is 0 Å². The van der Waals surface area contributed by atoms with Crippen LogP contribution in [0.2, 0.25) is 0 Å². The Bertz CT molecular complexity index is 1410. The normalized spacial score (nSPS) is 15.1. The summed E-state index contributed by atoms with van der Waals surface area (Å²) in [6.45, 7) is 0.0762. The summed E-state index contributed by atoms with van der Waals surface area (Å²) >= 11 is 1.28. The van der Waals surface area contributed by atoms with E-state index in [4.69, 9.17) is 0 Å². The molecule has 34 heavy (non-hydrogen) atoms. The third kappa shape index (κ3) is 5.54. The number of benzene rings is 2. The Kier molecular flexibility index (Phi) is 6.67. The van der Waals surface area contributed by atoms with E-state index in [2.05, 4.69) is 0 Å². The van der Waals surface area contributed by atoms with Crippen molar-refractivity contribution >= 4 is 31.2 Å². The second kappa shape index (κ2) is 9.10. The van der Waals surface area contributed by atoms with Crippen LogP contribution < -0.4 is 0 Å². The first-order valence-corrected chi connectivity index (χ1v) is 14.6. The molecule has 0 unspecified atom stereocenters. The molecule has 2 aromatic carbocycles. The van der Waals surface area contributed by atoms with Crippen molar-refractivity contribution < 1.29 is 30.0 Å². The SMILES string of the molecule is CS(=O)(=O)c1cccc(-c2ccc(CN(CC3CC3)S(=O)(=O)c3ccccc3C(F)(F)F)s2)c1. The smallest absolute Gasteiger partial charge is 0.224 e. The van der Waals surface area contributed by atoms with Crippen LogP contribution >= 0.6 is 11.3 Å². The molecule has 0 atom stereocenters. The predicted molar refractivity (Wildman–Crippen MR) is 125 cm³/mol. The molecule has 1 aliphatic rings. The van der Waals surface area contributed by atoms with Gasteiger partial charge in [0, 0.05) is 29.1 Å². The summed E-state index contributed by atoms with van der Waals surface area (Å²) in [6, 6.07) is 14.1. The zero-order valence-corrected chi connectivity index (χ0v) is 20.6. The standard InChI is InChI=1S/C23H22F3NO4S3/c1-33(28,29)19-6-4-5-17(13-19)21-12-11-18(32-21)15-27(14-16-9-10-16)34(30,31)22-8-3-2-7-20(22)23(24,25)26/h2-8,11-13,16H,9-10,14-15H2,1H3. The third-order valence-corrected chi connectivity index (χ3v) is 9.61. The van der Waals surface area contributed by atoms with Crippen molar-refractivity contribution in [3.05, 3.63) is 71.1 Å². The van der Waals surface area contributed by atoms with Crippen LogP contribution in [0.3, 0.4) is 0 Å². The van der Waals surface area contributed by atoms with E-state index in [1.807, 2.05) is 0 Å². The number of nitrogens with zero attached hydrogens (tertiary/aromatic N) is 1. The maximum Gasteiger partial charge on any atom is 0.417 e. The van der Waals surface area contributed by atoms with Gasteiger partial charge < -0.3 is 0 Å². The molecule has 0 bridgehead atoms. The Balaban J connectivity index is 1.66. The van der Waals surface area contributed by atoms with E-state index in [0.29, 0.717) is 10.4 Å². The number of sulfone groups is 1. The van der Waals surface area contributed by atoms with Gasteiger partial charge in [-0.15, -0.1) is 11.3 Å². The zero-order valence-electron chi connectivity index (χ0n) is 18.1. The van der Waals surface area contributed by atoms with Crippen molar-refractivity contribution in [1.82, 2.24) is 4.31 Å². The van der Waals surface area contributed by atoms with E-state index in [-0.39, 0.29) is 23.9 Å². The Morgan fingerprint density at radius 2 is 1.68 bits per heavy atom. The minimum Gasteiger partial charge on any atom is -0.224 e. The lowest BCUT2D eigenvalue weighted by atomic mass is 10.2. The van der Waals surface area contributed by atoms with E-state index in [1.165, 1.54) is 29.5 Å². The molecule has 1 fully saturated rings. The van der Waals surface area contributed by atoms with E-state index >= 15 is 0 Å². The molecule has 4 rings (SSSR count). The van der Waals surface area contributed by atoms with Crippen molar-refractivity contribution in [2.45, 2.75) is 35.4 Å². The van der Waals surface area contributed by atoms with Gasteiger partial charge in [-0.1, -0.05) is 24.3 Å². The first-order chi connectivity index (χ1) is 15.9. The molecular weight excluding hydrogens is 507 g/mol. The minimum absolute atomic E-state index is 0.0680. The van der Waals surface area contributed by atoms with Crippen LogP contribution in [0.4, 0.5) is 13.2 Å². The molecular formula is C23H22F3NO4S3. The number of rotatable bonds is 8. The van der Waals surface area contributed by atoms with E-state index in [0.717, 1.165) is 40.4 Å².